The Morgan fingerprint density at radius 3 is 2.55 bits per heavy atom. The van der Waals surface area contributed by atoms with Gasteiger partial charge in [-0.3, -0.25) is 9.48 Å². The van der Waals surface area contributed by atoms with Gasteiger partial charge in [-0.05, 0) is 47.4 Å². The van der Waals surface area contributed by atoms with Gasteiger partial charge in [-0.15, -0.1) is 0 Å². The van der Waals surface area contributed by atoms with E-state index in [1.54, 1.807) is 36.1 Å². The van der Waals surface area contributed by atoms with Gasteiger partial charge in [0.05, 0.1) is 11.8 Å². The fraction of sp³-hybridized carbons (Fsp3) is 0.182. The first kappa shape index (κ1) is 20.6. The third-order valence-corrected chi connectivity index (χ3v) is 5.09. The number of anilines is 1. The molecule has 0 radical (unpaired) electrons. The van der Waals surface area contributed by atoms with E-state index in [0.717, 1.165) is 28.8 Å². The highest BCUT2D eigenvalue weighted by atomic mass is 19.4. The average Bonchev–Trinajstić information content (AvgIpc) is 3.13. The summed E-state index contributed by atoms with van der Waals surface area (Å²) in [6.07, 6.45) is 0.589. The van der Waals surface area contributed by atoms with Gasteiger partial charge in [0, 0.05) is 30.1 Å². The molecule has 9 heteroatoms. The van der Waals surface area contributed by atoms with Crippen molar-refractivity contribution in [3.63, 3.8) is 0 Å². The molecule has 31 heavy (non-hydrogen) atoms. The van der Waals surface area contributed by atoms with Crippen molar-refractivity contribution in [1.82, 2.24) is 9.78 Å². The second-order valence-electron chi connectivity index (χ2n) is 7.38. The van der Waals surface area contributed by atoms with Gasteiger partial charge in [0.15, 0.2) is 0 Å². The number of alkyl halides is 3. The molecule has 0 saturated heterocycles. The smallest absolute Gasteiger partial charge is 0.370 e. The molecule has 2 heterocycles. The van der Waals surface area contributed by atoms with Crippen molar-refractivity contribution < 1.29 is 22.4 Å². The molecular weight excluding hydrogens is 412 g/mol. The number of carbonyl (C=O) groups excluding carboxylic acids is 1. The van der Waals surface area contributed by atoms with Crippen molar-refractivity contribution in [2.45, 2.75) is 18.6 Å². The van der Waals surface area contributed by atoms with Crippen molar-refractivity contribution in [3.8, 4) is 0 Å². The minimum absolute atomic E-state index is 0.158. The number of amides is 1. The Labute approximate surface area is 175 Å². The number of fused-ring (bicyclic) bond motifs is 1. The molecule has 1 aliphatic rings. The normalized spacial score (nSPS) is 15.8. The largest absolute Gasteiger partial charge is 0.419 e. The number of hydrogen-bond acceptors (Lipinski definition) is 3. The van der Waals surface area contributed by atoms with Crippen molar-refractivity contribution in [3.05, 3.63) is 88.5 Å². The third-order valence-electron chi connectivity index (χ3n) is 5.09. The second-order valence-corrected chi connectivity index (χ2v) is 7.38. The van der Waals surface area contributed by atoms with Crippen molar-refractivity contribution in [2.24, 2.45) is 12.8 Å². The summed E-state index contributed by atoms with van der Waals surface area (Å²) in [5.74, 6) is -1.87. The standard InChI is InChI=1S/C22H18F4N4O/c1-30-11-14(10-28-30)16-9-20(21(27)31)29-19-8-13(2-4-15(16)19)6-12-3-5-18(23)17(7-12)22(24,25)26/h2-5,7-11,20,29H,6H2,1H3,(H2,27,31). The number of aromatic nitrogens is 2. The maximum atomic E-state index is 13.6. The molecule has 2 aromatic carbocycles. The molecule has 0 spiro atoms. The zero-order chi connectivity index (χ0) is 22.3. The summed E-state index contributed by atoms with van der Waals surface area (Å²) < 4.78 is 54.2. The van der Waals surface area contributed by atoms with Gasteiger partial charge in [0.1, 0.15) is 11.9 Å². The van der Waals surface area contributed by atoms with Crippen LogP contribution < -0.4 is 11.1 Å². The molecule has 1 aliphatic heterocycles. The van der Waals surface area contributed by atoms with Crippen LogP contribution >= 0.6 is 0 Å². The summed E-state index contributed by atoms with van der Waals surface area (Å²) in [4.78, 5) is 11.8. The topological polar surface area (TPSA) is 72.9 Å². The predicted molar refractivity (Wildman–Crippen MR) is 108 cm³/mol. The number of aryl methyl sites for hydroxylation is 1. The van der Waals surface area contributed by atoms with E-state index in [4.69, 9.17) is 5.73 Å². The Balaban J connectivity index is 1.70. The van der Waals surface area contributed by atoms with E-state index in [1.807, 2.05) is 12.3 Å². The maximum absolute atomic E-state index is 13.6. The van der Waals surface area contributed by atoms with Crippen LogP contribution in [-0.2, 0) is 24.4 Å². The Hall–Kier alpha value is -3.62. The number of benzene rings is 2. The number of carbonyl (C=O) groups is 1. The monoisotopic (exact) mass is 430 g/mol. The molecule has 3 N–H and O–H groups in total. The minimum Gasteiger partial charge on any atom is -0.370 e. The number of rotatable bonds is 4. The van der Waals surface area contributed by atoms with Crippen LogP contribution in [0.3, 0.4) is 0 Å². The first-order valence-corrected chi connectivity index (χ1v) is 9.37. The summed E-state index contributed by atoms with van der Waals surface area (Å²) in [6, 6.07) is 7.57. The lowest BCUT2D eigenvalue weighted by Gasteiger charge is -2.25. The van der Waals surface area contributed by atoms with Crippen LogP contribution in [0.2, 0.25) is 0 Å². The highest BCUT2D eigenvalue weighted by Crippen LogP contribution is 2.36. The van der Waals surface area contributed by atoms with Crippen LogP contribution in [0.1, 0.15) is 27.8 Å². The Bertz CT molecular complexity index is 1200. The fourth-order valence-corrected chi connectivity index (χ4v) is 3.62. The summed E-state index contributed by atoms with van der Waals surface area (Å²) in [7, 11) is 1.78. The SMILES string of the molecule is Cn1cc(C2=CC(C(N)=O)Nc3cc(Cc4ccc(F)c(C(F)(F)F)c4)ccc32)cn1. The fourth-order valence-electron chi connectivity index (χ4n) is 3.62. The molecular formula is C22H18F4N4O. The summed E-state index contributed by atoms with van der Waals surface area (Å²) in [5, 5.41) is 7.22. The molecule has 160 valence electrons. The average molecular weight is 430 g/mol. The van der Waals surface area contributed by atoms with E-state index in [1.165, 1.54) is 6.07 Å². The Kier molecular flexibility index (Phi) is 5.04. The molecule has 3 aromatic rings. The van der Waals surface area contributed by atoms with E-state index >= 15 is 0 Å². The first-order valence-electron chi connectivity index (χ1n) is 9.37. The molecule has 1 aromatic heterocycles. The van der Waals surface area contributed by atoms with Gasteiger partial charge in [-0.2, -0.15) is 18.3 Å². The summed E-state index contributed by atoms with van der Waals surface area (Å²) >= 11 is 0. The van der Waals surface area contributed by atoms with E-state index in [-0.39, 0.29) is 6.42 Å². The predicted octanol–water partition coefficient (Wildman–Crippen LogP) is 3.88. The van der Waals surface area contributed by atoms with Crippen LogP contribution in [0.15, 0.2) is 54.9 Å². The van der Waals surface area contributed by atoms with Gasteiger partial charge in [-0.25, -0.2) is 4.39 Å². The lowest BCUT2D eigenvalue weighted by Crippen LogP contribution is -2.36. The maximum Gasteiger partial charge on any atom is 0.419 e. The van der Waals surface area contributed by atoms with Crippen LogP contribution in [0.5, 0.6) is 0 Å². The van der Waals surface area contributed by atoms with Gasteiger partial charge >= 0.3 is 6.18 Å². The van der Waals surface area contributed by atoms with Gasteiger partial charge in [0.25, 0.3) is 0 Å². The third kappa shape index (κ3) is 4.16. The van der Waals surface area contributed by atoms with Crippen LogP contribution in [0.4, 0.5) is 23.2 Å². The van der Waals surface area contributed by atoms with Crippen molar-refractivity contribution in [1.29, 1.82) is 0 Å². The molecule has 1 amide bonds. The summed E-state index contributed by atoms with van der Waals surface area (Å²) in [6.45, 7) is 0. The number of nitrogens with two attached hydrogens (primary N) is 1. The Morgan fingerprint density at radius 1 is 1.19 bits per heavy atom. The van der Waals surface area contributed by atoms with E-state index in [0.29, 0.717) is 16.8 Å². The number of primary amides is 1. The lowest BCUT2D eigenvalue weighted by atomic mass is 9.90. The quantitative estimate of drug-likeness (QED) is 0.617. The molecule has 1 atom stereocenters. The van der Waals surface area contributed by atoms with Crippen molar-refractivity contribution >= 4 is 17.2 Å². The minimum atomic E-state index is -4.77. The zero-order valence-corrected chi connectivity index (χ0v) is 16.4. The highest BCUT2D eigenvalue weighted by molar-refractivity contribution is 5.96. The molecule has 0 fully saturated rings. The summed E-state index contributed by atoms with van der Waals surface area (Å²) in [5.41, 5.74) is 8.23. The van der Waals surface area contributed by atoms with Gasteiger partial charge in [0.2, 0.25) is 5.91 Å². The van der Waals surface area contributed by atoms with Crippen molar-refractivity contribution in [2.75, 3.05) is 5.32 Å². The number of hydrogen-bond donors (Lipinski definition) is 2. The van der Waals surface area contributed by atoms with Gasteiger partial charge < -0.3 is 11.1 Å². The molecule has 0 aliphatic carbocycles. The first-order chi connectivity index (χ1) is 14.6. The van der Waals surface area contributed by atoms with Gasteiger partial charge in [-0.1, -0.05) is 18.2 Å². The Morgan fingerprint density at radius 2 is 1.90 bits per heavy atom. The number of nitrogens with zero attached hydrogens (tertiary/aromatic N) is 2. The zero-order valence-electron chi connectivity index (χ0n) is 16.4. The van der Waals surface area contributed by atoms with E-state index < -0.39 is 29.5 Å². The van der Waals surface area contributed by atoms with Crippen LogP contribution in [0, 0.1) is 5.82 Å². The molecule has 0 saturated carbocycles. The number of halogens is 4. The van der Waals surface area contributed by atoms with E-state index in [9.17, 15) is 22.4 Å². The molecule has 5 nitrogen and oxygen atoms in total. The second kappa shape index (κ2) is 7.57. The number of nitrogens with one attached hydrogen (secondary N) is 1. The van der Waals surface area contributed by atoms with Crippen LogP contribution in [0.25, 0.3) is 5.57 Å². The highest BCUT2D eigenvalue weighted by Gasteiger charge is 2.34. The van der Waals surface area contributed by atoms with Crippen LogP contribution in [-0.4, -0.2) is 21.7 Å². The molecule has 1 unspecified atom stereocenters. The lowest BCUT2D eigenvalue weighted by molar-refractivity contribution is -0.140. The molecule has 0 bridgehead atoms. The van der Waals surface area contributed by atoms with E-state index in [2.05, 4.69) is 10.4 Å². The molecule has 4 rings (SSSR count).